The third-order valence-corrected chi connectivity index (χ3v) is 2.80. The molecule has 1 aromatic heterocycles. The lowest BCUT2D eigenvalue weighted by atomic mass is 10.2. The van der Waals surface area contributed by atoms with Gasteiger partial charge in [-0.25, -0.2) is 4.68 Å². The molecule has 2 aromatic rings. The summed E-state index contributed by atoms with van der Waals surface area (Å²) in [5, 5.41) is 10.5. The second-order valence-electron chi connectivity index (χ2n) is 4.11. The average Bonchev–Trinajstić information content (AvgIpc) is 2.78. The van der Waals surface area contributed by atoms with E-state index in [4.69, 9.17) is 6.42 Å². The molecule has 0 unspecified atom stereocenters. The number of carbonyl (C=O) groups excluding carboxylic acids is 1. The summed E-state index contributed by atoms with van der Waals surface area (Å²) < 4.78 is 1.65. The Kier molecular flexibility index (Phi) is 3.62. The Labute approximate surface area is 111 Å². The van der Waals surface area contributed by atoms with E-state index >= 15 is 0 Å². The minimum absolute atomic E-state index is 0.176. The molecular weight excluding hydrogens is 240 g/mol. The van der Waals surface area contributed by atoms with Gasteiger partial charge in [0.2, 0.25) is 0 Å². The number of nitrogens with one attached hydrogen (secondary N) is 1. The van der Waals surface area contributed by atoms with Crippen molar-refractivity contribution in [3.63, 3.8) is 0 Å². The first-order chi connectivity index (χ1) is 9.15. The van der Waals surface area contributed by atoms with Gasteiger partial charge in [-0.05, 0) is 25.5 Å². The van der Waals surface area contributed by atoms with Gasteiger partial charge in [0.1, 0.15) is 0 Å². The first-order valence-corrected chi connectivity index (χ1v) is 5.85. The smallest absolute Gasteiger partial charge is 0.274 e. The Hall–Kier alpha value is -2.61. The Balaban J connectivity index is 2.37. The highest BCUT2D eigenvalue weighted by atomic mass is 16.2. The number of hydrogen-bond acceptors (Lipinski definition) is 3. The zero-order valence-corrected chi connectivity index (χ0v) is 10.8. The van der Waals surface area contributed by atoms with Gasteiger partial charge in [0, 0.05) is 0 Å². The topological polar surface area (TPSA) is 59.8 Å². The number of aryl methyl sites for hydroxylation is 1. The predicted octanol–water partition coefficient (Wildman–Crippen LogP) is 1.25. The maximum absolute atomic E-state index is 11.8. The standard InChI is InChI=1S/C14H14N4O/c1-4-9-15-14(19)13-11(3)18(17-16-13)12-8-6-5-7-10(12)2/h1,5-8H,9H2,2-3H3,(H,15,19). The lowest BCUT2D eigenvalue weighted by molar-refractivity contribution is 0.0953. The van der Waals surface area contributed by atoms with E-state index in [2.05, 4.69) is 21.5 Å². The van der Waals surface area contributed by atoms with Crippen molar-refractivity contribution < 1.29 is 4.79 Å². The van der Waals surface area contributed by atoms with E-state index in [1.165, 1.54) is 0 Å². The monoisotopic (exact) mass is 254 g/mol. The summed E-state index contributed by atoms with van der Waals surface area (Å²) in [4.78, 5) is 11.8. The van der Waals surface area contributed by atoms with Crippen molar-refractivity contribution in [2.24, 2.45) is 0 Å². The van der Waals surface area contributed by atoms with Crippen molar-refractivity contribution in [2.45, 2.75) is 13.8 Å². The molecule has 0 aliphatic rings. The molecule has 0 spiro atoms. The first kappa shape index (κ1) is 12.8. The lowest BCUT2D eigenvalue weighted by Gasteiger charge is -2.06. The van der Waals surface area contributed by atoms with Gasteiger partial charge in [0.15, 0.2) is 5.69 Å². The molecule has 0 aliphatic carbocycles. The van der Waals surface area contributed by atoms with Crippen molar-refractivity contribution in [1.82, 2.24) is 20.3 Å². The normalized spacial score (nSPS) is 9.95. The number of terminal acetylenes is 1. The summed E-state index contributed by atoms with van der Waals surface area (Å²) in [7, 11) is 0. The molecule has 5 heteroatoms. The van der Waals surface area contributed by atoms with E-state index in [1.807, 2.05) is 31.2 Å². The van der Waals surface area contributed by atoms with Crippen LogP contribution in [0.2, 0.25) is 0 Å². The fourth-order valence-corrected chi connectivity index (χ4v) is 1.78. The summed E-state index contributed by atoms with van der Waals surface area (Å²) in [6.07, 6.45) is 5.10. The van der Waals surface area contributed by atoms with E-state index < -0.39 is 0 Å². The van der Waals surface area contributed by atoms with Gasteiger partial charge in [-0.15, -0.1) is 11.5 Å². The van der Waals surface area contributed by atoms with Crippen LogP contribution in [0.1, 0.15) is 21.7 Å². The minimum Gasteiger partial charge on any atom is -0.340 e. The van der Waals surface area contributed by atoms with Gasteiger partial charge in [-0.3, -0.25) is 4.79 Å². The number of nitrogens with zero attached hydrogens (tertiary/aromatic N) is 3. The second kappa shape index (κ2) is 5.36. The molecule has 0 saturated carbocycles. The van der Waals surface area contributed by atoms with Crippen LogP contribution < -0.4 is 5.32 Å². The second-order valence-corrected chi connectivity index (χ2v) is 4.11. The molecule has 1 aromatic carbocycles. The summed E-state index contributed by atoms with van der Waals surface area (Å²) in [5.41, 5.74) is 2.94. The van der Waals surface area contributed by atoms with Crippen LogP contribution in [-0.4, -0.2) is 27.4 Å². The number of carbonyl (C=O) groups is 1. The molecule has 5 nitrogen and oxygen atoms in total. The van der Waals surface area contributed by atoms with Crippen molar-refractivity contribution in [3.8, 4) is 18.0 Å². The number of aromatic nitrogens is 3. The molecule has 1 N–H and O–H groups in total. The highest BCUT2D eigenvalue weighted by Crippen LogP contribution is 2.15. The summed E-state index contributed by atoms with van der Waals surface area (Å²) in [6, 6.07) is 7.78. The lowest BCUT2D eigenvalue weighted by Crippen LogP contribution is -2.24. The highest BCUT2D eigenvalue weighted by molar-refractivity contribution is 5.93. The molecule has 1 amide bonds. The predicted molar refractivity (Wildman–Crippen MR) is 72.0 cm³/mol. The van der Waals surface area contributed by atoms with Crippen LogP contribution in [0.4, 0.5) is 0 Å². The third-order valence-electron chi connectivity index (χ3n) is 2.80. The average molecular weight is 254 g/mol. The molecule has 19 heavy (non-hydrogen) atoms. The van der Waals surface area contributed by atoms with E-state index in [-0.39, 0.29) is 12.5 Å². The Morgan fingerprint density at radius 1 is 1.42 bits per heavy atom. The van der Waals surface area contributed by atoms with Crippen LogP contribution in [0, 0.1) is 26.2 Å². The van der Waals surface area contributed by atoms with E-state index in [0.29, 0.717) is 11.4 Å². The first-order valence-electron chi connectivity index (χ1n) is 5.85. The molecule has 96 valence electrons. The number of benzene rings is 1. The largest absolute Gasteiger partial charge is 0.340 e. The molecule has 0 radical (unpaired) electrons. The number of para-hydroxylation sites is 1. The molecule has 0 bridgehead atoms. The molecule has 0 fully saturated rings. The van der Waals surface area contributed by atoms with Crippen LogP contribution in [0.3, 0.4) is 0 Å². The van der Waals surface area contributed by atoms with Gasteiger partial charge in [0.05, 0.1) is 17.9 Å². The van der Waals surface area contributed by atoms with Crippen LogP contribution in [0.25, 0.3) is 5.69 Å². The fourth-order valence-electron chi connectivity index (χ4n) is 1.78. The van der Waals surface area contributed by atoms with Gasteiger partial charge >= 0.3 is 0 Å². The summed E-state index contributed by atoms with van der Waals surface area (Å²) >= 11 is 0. The zero-order valence-electron chi connectivity index (χ0n) is 10.8. The Bertz CT molecular complexity index is 652. The van der Waals surface area contributed by atoms with Crippen LogP contribution in [0.5, 0.6) is 0 Å². The van der Waals surface area contributed by atoms with E-state index in [9.17, 15) is 4.79 Å². The Morgan fingerprint density at radius 2 is 2.16 bits per heavy atom. The van der Waals surface area contributed by atoms with Crippen molar-refractivity contribution in [3.05, 3.63) is 41.2 Å². The Morgan fingerprint density at radius 3 is 2.84 bits per heavy atom. The van der Waals surface area contributed by atoms with Gasteiger partial charge < -0.3 is 5.32 Å². The highest BCUT2D eigenvalue weighted by Gasteiger charge is 2.17. The molecule has 0 atom stereocenters. The third kappa shape index (κ3) is 2.47. The summed E-state index contributed by atoms with van der Waals surface area (Å²) in [6.45, 7) is 3.96. The zero-order chi connectivity index (χ0) is 13.8. The molecule has 0 saturated heterocycles. The molecule has 2 rings (SSSR count). The fraction of sp³-hybridized carbons (Fsp3) is 0.214. The number of amides is 1. The molecule has 1 heterocycles. The van der Waals surface area contributed by atoms with Crippen LogP contribution >= 0.6 is 0 Å². The number of rotatable bonds is 3. The van der Waals surface area contributed by atoms with Gasteiger partial charge in [-0.2, -0.15) is 0 Å². The minimum atomic E-state index is -0.310. The van der Waals surface area contributed by atoms with Crippen molar-refractivity contribution in [1.29, 1.82) is 0 Å². The van der Waals surface area contributed by atoms with E-state index in [1.54, 1.807) is 11.6 Å². The quantitative estimate of drug-likeness (QED) is 0.838. The van der Waals surface area contributed by atoms with Crippen molar-refractivity contribution in [2.75, 3.05) is 6.54 Å². The van der Waals surface area contributed by atoms with Crippen molar-refractivity contribution >= 4 is 5.91 Å². The van der Waals surface area contributed by atoms with Gasteiger partial charge in [-0.1, -0.05) is 29.3 Å². The van der Waals surface area contributed by atoms with Crippen LogP contribution in [0.15, 0.2) is 24.3 Å². The maximum Gasteiger partial charge on any atom is 0.274 e. The van der Waals surface area contributed by atoms with Crippen LogP contribution in [-0.2, 0) is 0 Å². The van der Waals surface area contributed by atoms with Gasteiger partial charge in [0.25, 0.3) is 5.91 Å². The summed E-state index contributed by atoms with van der Waals surface area (Å²) in [5.74, 6) is 2.04. The molecular formula is C14H14N4O. The maximum atomic E-state index is 11.8. The molecule has 0 aliphatic heterocycles. The number of hydrogen-bond donors (Lipinski definition) is 1. The van der Waals surface area contributed by atoms with E-state index in [0.717, 1.165) is 11.3 Å². The SMILES string of the molecule is C#CCNC(=O)c1nnn(-c2ccccc2C)c1C.